The highest BCUT2D eigenvalue weighted by Gasteiger charge is 2.14. The maximum atomic E-state index is 3.42. The smallest absolute Gasteiger partial charge is 0.0410 e. The molecule has 102 valence electrons. The quantitative estimate of drug-likeness (QED) is 0.825. The van der Waals surface area contributed by atoms with Crippen molar-refractivity contribution in [3.8, 4) is 0 Å². The predicted molar refractivity (Wildman–Crippen MR) is 81.0 cm³/mol. The molecule has 1 aromatic heterocycles. The van der Waals surface area contributed by atoms with Gasteiger partial charge in [0.25, 0.3) is 0 Å². The van der Waals surface area contributed by atoms with Crippen LogP contribution in [0.25, 0.3) is 12.2 Å². The van der Waals surface area contributed by atoms with Gasteiger partial charge in [-0.15, -0.1) is 0 Å². The first kappa shape index (κ1) is 15.0. The Balaban J connectivity index is 0.000000771. The average Bonchev–Trinajstić information content (AvgIpc) is 2.84. The highest BCUT2D eigenvalue weighted by atomic mass is 14.9. The predicted octanol–water partition coefficient (Wildman–Crippen LogP) is 2.18. The molecule has 2 nitrogen and oxygen atoms in total. The summed E-state index contributed by atoms with van der Waals surface area (Å²) in [5.74, 6) is 0.862. The van der Waals surface area contributed by atoms with Crippen molar-refractivity contribution < 1.29 is 0 Å². The summed E-state index contributed by atoms with van der Waals surface area (Å²) in [5.41, 5.74) is 1.49. The van der Waals surface area contributed by atoms with E-state index in [0.29, 0.717) is 0 Å². The molecule has 0 amide bonds. The molecular weight excluding hydrogens is 220 g/mol. The third kappa shape index (κ3) is 3.74. The van der Waals surface area contributed by atoms with E-state index in [4.69, 9.17) is 0 Å². The minimum absolute atomic E-state index is 0.862. The van der Waals surface area contributed by atoms with E-state index in [1.54, 1.807) is 0 Å². The second-order valence-electron chi connectivity index (χ2n) is 4.62. The minimum Gasteiger partial charge on any atom is -0.361 e. The molecular formula is C16H28N2. The van der Waals surface area contributed by atoms with E-state index in [0.717, 1.165) is 5.92 Å². The van der Waals surface area contributed by atoms with Crippen molar-refractivity contribution in [2.24, 2.45) is 5.92 Å². The standard InChI is InChI=1S/C14H22N2.C2H6/c1-3-13-12(10-16-14(13)4-2)9-11-5-7-15-8-6-11;1-2/h3-4,10-11,15-16H,5-9H2,1-2H3;1-2H3/b13-3-,14-4+;. The van der Waals surface area contributed by atoms with Gasteiger partial charge in [-0.2, -0.15) is 0 Å². The van der Waals surface area contributed by atoms with Crippen LogP contribution >= 0.6 is 0 Å². The fraction of sp³-hybridized carbons (Fsp3) is 0.625. The molecule has 0 unspecified atom stereocenters. The Hall–Kier alpha value is -1.02. The van der Waals surface area contributed by atoms with Gasteiger partial charge in [0.05, 0.1) is 0 Å². The lowest BCUT2D eigenvalue weighted by Gasteiger charge is -2.22. The van der Waals surface area contributed by atoms with E-state index in [2.05, 4.69) is 42.5 Å². The molecule has 1 aliphatic heterocycles. The summed E-state index contributed by atoms with van der Waals surface area (Å²) in [5, 5.41) is 6.10. The van der Waals surface area contributed by atoms with Crippen molar-refractivity contribution in [3.63, 3.8) is 0 Å². The first-order valence-electron chi connectivity index (χ1n) is 7.34. The van der Waals surface area contributed by atoms with E-state index >= 15 is 0 Å². The Kier molecular flexibility index (Phi) is 6.81. The molecule has 1 aromatic rings. The van der Waals surface area contributed by atoms with Crippen LogP contribution in [0.1, 0.15) is 46.1 Å². The highest BCUT2D eigenvalue weighted by molar-refractivity contribution is 5.31. The number of aromatic nitrogens is 1. The Morgan fingerprint density at radius 3 is 2.39 bits per heavy atom. The third-order valence-electron chi connectivity index (χ3n) is 3.58. The Labute approximate surface area is 111 Å². The summed E-state index contributed by atoms with van der Waals surface area (Å²) in [7, 11) is 0. The highest BCUT2D eigenvalue weighted by Crippen LogP contribution is 2.15. The number of H-pyrrole nitrogens is 1. The van der Waals surface area contributed by atoms with E-state index < -0.39 is 0 Å². The summed E-state index contributed by atoms with van der Waals surface area (Å²) in [6, 6.07) is 0. The van der Waals surface area contributed by atoms with Crippen LogP contribution < -0.4 is 15.9 Å². The number of rotatable bonds is 2. The zero-order chi connectivity index (χ0) is 13.4. The maximum absolute atomic E-state index is 3.42. The number of aromatic amines is 1. The van der Waals surface area contributed by atoms with Crippen LogP contribution in [0.5, 0.6) is 0 Å². The van der Waals surface area contributed by atoms with Crippen LogP contribution in [-0.4, -0.2) is 18.1 Å². The lowest BCUT2D eigenvalue weighted by molar-refractivity contribution is 0.372. The van der Waals surface area contributed by atoms with Crippen LogP contribution in [0.4, 0.5) is 0 Å². The molecule has 1 saturated heterocycles. The third-order valence-corrected chi connectivity index (χ3v) is 3.58. The van der Waals surface area contributed by atoms with Gasteiger partial charge in [-0.1, -0.05) is 26.0 Å². The molecule has 0 bridgehead atoms. The van der Waals surface area contributed by atoms with Gasteiger partial charge >= 0.3 is 0 Å². The van der Waals surface area contributed by atoms with E-state index in [1.807, 2.05) is 13.8 Å². The molecule has 0 aromatic carbocycles. The fourth-order valence-corrected chi connectivity index (χ4v) is 2.64. The molecule has 2 N–H and O–H groups in total. The van der Waals surface area contributed by atoms with Gasteiger partial charge in [-0.05, 0) is 62.9 Å². The second kappa shape index (κ2) is 8.15. The van der Waals surface area contributed by atoms with Gasteiger partial charge in [-0.25, -0.2) is 0 Å². The lowest BCUT2D eigenvalue weighted by atomic mass is 9.91. The van der Waals surface area contributed by atoms with Gasteiger partial charge < -0.3 is 10.3 Å². The fourth-order valence-electron chi connectivity index (χ4n) is 2.64. The number of nitrogens with one attached hydrogen (secondary N) is 2. The van der Waals surface area contributed by atoms with Crippen molar-refractivity contribution in [1.29, 1.82) is 0 Å². The summed E-state index contributed by atoms with van der Waals surface area (Å²) in [6.07, 6.45) is 10.4. The SMILES string of the molecule is C/C=c1/c(CC2CCNCC2)c[nH]/c1=C/C.CC. The summed E-state index contributed by atoms with van der Waals surface area (Å²) in [6.45, 7) is 10.6. The second-order valence-corrected chi connectivity index (χ2v) is 4.62. The molecule has 1 aliphatic rings. The monoisotopic (exact) mass is 248 g/mol. The van der Waals surface area contributed by atoms with Crippen molar-refractivity contribution in [3.05, 3.63) is 22.3 Å². The zero-order valence-corrected chi connectivity index (χ0v) is 12.3. The van der Waals surface area contributed by atoms with E-state index in [9.17, 15) is 0 Å². The van der Waals surface area contributed by atoms with Crippen molar-refractivity contribution in [2.75, 3.05) is 13.1 Å². The number of hydrogen-bond acceptors (Lipinski definition) is 1. The van der Waals surface area contributed by atoms with Crippen LogP contribution in [0, 0.1) is 5.92 Å². The van der Waals surface area contributed by atoms with Crippen LogP contribution in [0.15, 0.2) is 6.20 Å². The Morgan fingerprint density at radius 1 is 1.17 bits per heavy atom. The molecule has 0 aliphatic carbocycles. The zero-order valence-electron chi connectivity index (χ0n) is 12.3. The molecule has 2 heteroatoms. The van der Waals surface area contributed by atoms with Crippen molar-refractivity contribution >= 4 is 12.2 Å². The molecule has 2 heterocycles. The van der Waals surface area contributed by atoms with Crippen molar-refractivity contribution in [1.82, 2.24) is 10.3 Å². The first-order valence-corrected chi connectivity index (χ1v) is 7.34. The van der Waals surface area contributed by atoms with Gasteiger partial charge in [0, 0.05) is 11.5 Å². The van der Waals surface area contributed by atoms with Gasteiger partial charge in [0.15, 0.2) is 0 Å². The van der Waals surface area contributed by atoms with Gasteiger partial charge in [-0.3, -0.25) is 0 Å². The Morgan fingerprint density at radius 2 is 1.83 bits per heavy atom. The largest absolute Gasteiger partial charge is 0.361 e. The van der Waals surface area contributed by atoms with E-state index in [1.165, 1.54) is 48.5 Å². The molecule has 2 rings (SSSR count). The average molecular weight is 248 g/mol. The summed E-state index contributed by atoms with van der Waals surface area (Å²) >= 11 is 0. The minimum atomic E-state index is 0.862. The topological polar surface area (TPSA) is 27.8 Å². The lowest BCUT2D eigenvalue weighted by Crippen LogP contribution is -2.30. The maximum Gasteiger partial charge on any atom is 0.0410 e. The van der Waals surface area contributed by atoms with E-state index in [-0.39, 0.29) is 0 Å². The van der Waals surface area contributed by atoms with Gasteiger partial charge in [0.1, 0.15) is 0 Å². The van der Waals surface area contributed by atoms with Crippen LogP contribution in [0.2, 0.25) is 0 Å². The molecule has 0 radical (unpaired) electrons. The molecule has 0 atom stereocenters. The Bertz CT molecular complexity index is 436. The molecule has 18 heavy (non-hydrogen) atoms. The normalized spacial score (nSPS) is 18.7. The van der Waals surface area contributed by atoms with Crippen molar-refractivity contribution in [2.45, 2.75) is 47.0 Å². The summed E-state index contributed by atoms with van der Waals surface area (Å²) < 4.78 is 0. The van der Waals surface area contributed by atoms with Crippen LogP contribution in [-0.2, 0) is 6.42 Å². The summed E-state index contributed by atoms with van der Waals surface area (Å²) in [4.78, 5) is 3.36. The molecule has 1 fully saturated rings. The first-order chi connectivity index (χ1) is 8.85. The van der Waals surface area contributed by atoms with Crippen LogP contribution in [0.3, 0.4) is 0 Å². The molecule has 0 saturated carbocycles. The molecule has 0 spiro atoms. The number of piperidine rings is 1. The van der Waals surface area contributed by atoms with Gasteiger partial charge in [0.2, 0.25) is 0 Å². The number of hydrogen-bond donors (Lipinski definition) is 2.